The van der Waals surface area contributed by atoms with E-state index in [0.717, 1.165) is 12.1 Å². The van der Waals surface area contributed by atoms with Crippen LogP contribution in [-0.4, -0.2) is 26.2 Å². The Hall–Kier alpha value is -1.78. The smallest absolute Gasteiger partial charge is 0.358 e. The third-order valence-electron chi connectivity index (χ3n) is 3.02. The Labute approximate surface area is 93.8 Å². The average Bonchev–Trinajstić information content (AvgIpc) is 2.61. The molecule has 0 aromatic carbocycles. The molecule has 0 amide bonds. The molecule has 1 aromatic heterocycles. The molecule has 5 heteroatoms. The van der Waals surface area contributed by atoms with Gasteiger partial charge in [0.05, 0.1) is 5.54 Å². The molecular formula is C11H15N3O2. The van der Waals surface area contributed by atoms with E-state index in [1.54, 1.807) is 4.57 Å². The van der Waals surface area contributed by atoms with Crippen LogP contribution in [0.5, 0.6) is 0 Å². The highest BCUT2D eigenvalue weighted by molar-refractivity contribution is 5.92. The van der Waals surface area contributed by atoms with Crippen LogP contribution in [0.25, 0.3) is 5.70 Å². The van der Waals surface area contributed by atoms with Crippen LogP contribution in [0, 0.1) is 0 Å². The summed E-state index contributed by atoms with van der Waals surface area (Å²) in [6.07, 6.45) is 4.51. The van der Waals surface area contributed by atoms with E-state index in [-0.39, 0.29) is 11.2 Å². The van der Waals surface area contributed by atoms with Crippen molar-refractivity contribution in [1.29, 1.82) is 0 Å². The maximum Gasteiger partial charge on any atom is 0.358 e. The van der Waals surface area contributed by atoms with Crippen molar-refractivity contribution in [3.8, 4) is 0 Å². The van der Waals surface area contributed by atoms with Gasteiger partial charge in [0.25, 0.3) is 0 Å². The van der Waals surface area contributed by atoms with Gasteiger partial charge in [0.2, 0.25) is 0 Å². The van der Waals surface area contributed by atoms with Gasteiger partial charge >= 0.3 is 5.97 Å². The zero-order valence-electron chi connectivity index (χ0n) is 9.61. The Kier molecular flexibility index (Phi) is 2.26. The molecule has 2 heterocycles. The lowest BCUT2D eigenvalue weighted by atomic mass is 9.96. The van der Waals surface area contributed by atoms with Crippen molar-refractivity contribution in [2.24, 2.45) is 0 Å². The number of imidazole rings is 1. The van der Waals surface area contributed by atoms with Gasteiger partial charge < -0.3 is 10.4 Å². The van der Waals surface area contributed by atoms with Gasteiger partial charge in [-0.3, -0.25) is 4.57 Å². The van der Waals surface area contributed by atoms with Crippen molar-refractivity contribution in [3.63, 3.8) is 0 Å². The molecule has 0 saturated heterocycles. The number of fused-ring (bicyclic) bond motifs is 1. The predicted molar refractivity (Wildman–Crippen MR) is 61.5 cm³/mol. The minimum absolute atomic E-state index is 0.0760. The van der Waals surface area contributed by atoms with Crippen LogP contribution in [-0.2, 0) is 0 Å². The van der Waals surface area contributed by atoms with Gasteiger partial charge in [-0.15, -0.1) is 0 Å². The number of carboxylic acids is 1. The van der Waals surface area contributed by atoms with Crippen molar-refractivity contribution in [2.45, 2.75) is 32.7 Å². The highest BCUT2D eigenvalue weighted by Gasteiger charge is 2.29. The summed E-state index contributed by atoms with van der Waals surface area (Å²) < 4.78 is 1.76. The van der Waals surface area contributed by atoms with Crippen LogP contribution in [0.1, 0.15) is 37.7 Å². The van der Waals surface area contributed by atoms with E-state index >= 15 is 0 Å². The van der Waals surface area contributed by atoms with Gasteiger partial charge in [0.15, 0.2) is 5.69 Å². The number of hydrogen-bond acceptors (Lipinski definition) is 3. The number of anilines is 1. The number of rotatable bonds is 2. The van der Waals surface area contributed by atoms with Crippen molar-refractivity contribution < 1.29 is 9.90 Å². The van der Waals surface area contributed by atoms with Gasteiger partial charge in [-0.05, 0) is 26.3 Å². The number of aromatic carboxylic acids is 1. The predicted octanol–water partition coefficient (Wildman–Crippen LogP) is 2.04. The summed E-state index contributed by atoms with van der Waals surface area (Å²) in [4.78, 5) is 14.9. The van der Waals surface area contributed by atoms with E-state index in [0.29, 0.717) is 5.82 Å². The second-order valence-corrected chi connectivity index (χ2v) is 4.30. The number of allylic oxidation sites excluding steroid dienone is 1. The van der Waals surface area contributed by atoms with Crippen molar-refractivity contribution >= 4 is 17.5 Å². The Morgan fingerprint density at radius 1 is 1.69 bits per heavy atom. The monoisotopic (exact) mass is 221 g/mol. The molecule has 5 nitrogen and oxygen atoms in total. The summed E-state index contributed by atoms with van der Waals surface area (Å²) in [5.74, 6) is -0.439. The second-order valence-electron chi connectivity index (χ2n) is 4.30. The second kappa shape index (κ2) is 3.37. The SMILES string of the molecule is CCC1(C)C=C(C)n2cnc(C(=O)O)c2N1. The highest BCUT2D eigenvalue weighted by Crippen LogP contribution is 2.31. The zero-order valence-corrected chi connectivity index (χ0v) is 9.61. The Bertz CT molecular complexity index is 476. The molecule has 1 aromatic rings. The van der Waals surface area contributed by atoms with E-state index in [9.17, 15) is 4.79 Å². The van der Waals surface area contributed by atoms with Crippen LogP contribution in [0.3, 0.4) is 0 Å². The molecule has 0 spiro atoms. The van der Waals surface area contributed by atoms with Gasteiger partial charge in [-0.2, -0.15) is 0 Å². The molecule has 0 aliphatic carbocycles. The molecule has 0 fully saturated rings. The molecule has 0 saturated carbocycles. The van der Waals surface area contributed by atoms with Gasteiger partial charge in [-0.25, -0.2) is 9.78 Å². The average molecular weight is 221 g/mol. The first-order valence-corrected chi connectivity index (χ1v) is 5.25. The number of carbonyl (C=O) groups is 1. The summed E-state index contributed by atoms with van der Waals surface area (Å²) in [6, 6.07) is 0. The quantitative estimate of drug-likeness (QED) is 0.802. The molecule has 2 N–H and O–H groups in total. The summed E-state index contributed by atoms with van der Waals surface area (Å²) >= 11 is 0. The summed E-state index contributed by atoms with van der Waals surface area (Å²) in [5.41, 5.74) is 0.870. The van der Waals surface area contributed by atoms with Crippen molar-refractivity contribution in [3.05, 3.63) is 18.1 Å². The summed E-state index contributed by atoms with van der Waals surface area (Å²) in [6.45, 7) is 6.05. The maximum atomic E-state index is 11.0. The maximum absolute atomic E-state index is 11.0. The number of nitrogens with one attached hydrogen (secondary N) is 1. The third-order valence-corrected chi connectivity index (χ3v) is 3.02. The van der Waals surface area contributed by atoms with Gasteiger partial charge in [0, 0.05) is 5.70 Å². The first-order chi connectivity index (χ1) is 7.47. The van der Waals surface area contributed by atoms with E-state index in [2.05, 4.69) is 23.3 Å². The standard InChI is InChI=1S/C11H15N3O2/c1-4-11(3)5-7(2)14-6-12-8(10(15)16)9(14)13-11/h5-6,13H,4H2,1-3H3,(H,15,16). The van der Waals surface area contributed by atoms with Crippen molar-refractivity contribution in [1.82, 2.24) is 9.55 Å². The lowest BCUT2D eigenvalue weighted by Gasteiger charge is -2.33. The van der Waals surface area contributed by atoms with E-state index in [1.807, 2.05) is 13.8 Å². The topological polar surface area (TPSA) is 67.2 Å². The zero-order chi connectivity index (χ0) is 11.9. The molecule has 86 valence electrons. The molecule has 1 aliphatic heterocycles. The van der Waals surface area contributed by atoms with E-state index in [1.165, 1.54) is 6.33 Å². The summed E-state index contributed by atoms with van der Waals surface area (Å²) in [7, 11) is 0. The van der Waals surface area contributed by atoms with Crippen LogP contribution < -0.4 is 5.32 Å². The fourth-order valence-corrected chi connectivity index (χ4v) is 1.92. The Morgan fingerprint density at radius 3 is 2.94 bits per heavy atom. The Balaban J connectivity index is 2.54. The molecule has 2 rings (SSSR count). The normalized spacial score (nSPS) is 23.3. The van der Waals surface area contributed by atoms with Crippen LogP contribution in [0.2, 0.25) is 0 Å². The third kappa shape index (κ3) is 1.48. The minimum Gasteiger partial charge on any atom is -0.476 e. The molecule has 1 aliphatic rings. The van der Waals surface area contributed by atoms with Gasteiger partial charge in [0.1, 0.15) is 12.1 Å². The number of nitrogens with zero attached hydrogens (tertiary/aromatic N) is 2. The van der Waals surface area contributed by atoms with Crippen LogP contribution in [0.4, 0.5) is 5.82 Å². The minimum atomic E-state index is -1.01. The molecule has 16 heavy (non-hydrogen) atoms. The number of aromatic nitrogens is 2. The van der Waals surface area contributed by atoms with Crippen LogP contribution in [0.15, 0.2) is 12.4 Å². The lowest BCUT2D eigenvalue weighted by Crippen LogP contribution is -2.36. The van der Waals surface area contributed by atoms with E-state index in [4.69, 9.17) is 5.11 Å². The van der Waals surface area contributed by atoms with Gasteiger partial charge in [-0.1, -0.05) is 6.92 Å². The Morgan fingerprint density at radius 2 is 2.38 bits per heavy atom. The molecule has 1 atom stereocenters. The van der Waals surface area contributed by atoms with Crippen LogP contribution >= 0.6 is 0 Å². The molecule has 1 unspecified atom stereocenters. The first kappa shape index (κ1) is 10.7. The summed E-state index contributed by atoms with van der Waals surface area (Å²) in [5, 5.41) is 12.3. The molecule has 0 radical (unpaired) electrons. The van der Waals surface area contributed by atoms with E-state index < -0.39 is 5.97 Å². The highest BCUT2D eigenvalue weighted by atomic mass is 16.4. The number of carboxylic acid groups (broad SMARTS) is 1. The first-order valence-electron chi connectivity index (χ1n) is 5.25. The fraction of sp³-hybridized carbons (Fsp3) is 0.455. The fourth-order valence-electron chi connectivity index (χ4n) is 1.92. The number of hydrogen-bond donors (Lipinski definition) is 2. The molecule has 0 bridgehead atoms. The van der Waals surface area contributed by atoms with Crippen molar-refractivity contribution in [2.75, 3.05) is 5.32 Å². The largest absolute Gasteiger partial charge is 0.476 e. The lowest BCUT2D eigenvalue weighted by molar-refractivity contribution is 0.0692. The molecular weight excluding hydrogens is 206 g/mol.